The van der Waals surface area contributed by atoms with Gasteiger partial charge in [0.15, 0.2) is 12.1 Å². The van der Waals surface area contributed by atoms with Gasteiger partial charge < -0.3 is 19.1 Å². The third-order valence-corrected chi connectivity index (χ3v) is 3.73. The number of hydrogen-bond acceptors (Lipinski definition) is 6. The number of rotatable bonds is 0. The second-order valence-corrected chi connectivity index (χ2v) is 5.88. The first-order valence-electron chi connectivity index (χ1n) is 5.03. The molecule has 0 amide bonds. The summed E-state index contributed by atoms with van der Waals surface area (Å²) in [5.74, 6) is -0.762. The quantitative estimate of drug-likeness (QED) is 0.624. The second kappa shape index (κ2) is 3.26. The summed E-state index contributed by atoms with van der Waals surface area (Å²) in [5.41, 5.74) is 0. The first-order valence-corrected chi connectivity index (χ1v) is 6.53. The summed E-state index contributed by atoms with van der Waals surface area (Å²) in [7, 11) is -3.96. The predicted octanol–water partition coefficient (Wildman–Crippen LogP) is 0.379. The number of hydrogen-bond donors (Lipinski definition) is 1. The van der Waals surface area contributed by atoms with E-state index in [-0.39, 0.29) is 6.61 Å². The zero-order valence-corrected chi connectivity index (χ0v) is 9.75. The normalized spacial score (nSPS) is 54.7. The van der Waals surface area contributed by atoms with Crippen LogP contribution < -0.4 is 0 Å². The van der Waals surface area contributed by atoms with Gasteiger partial charge in [0.25, 0.3) is 0 Å². The third kappa shape index (κ3) is 1.73. The fourth-order valence-corrected chi connectivity index (χ4v) is 3.12. The van der Waals surface area contributed by atoms with E-state index in [9.17, 15) is 9.46 Å². The molecule has 1 N–H and O–H groups in total. The van der Waals surface area contributed by atoms with Crippen LogP contribution in [-0.2, 0) is 27.8 Å². The second-order valence-electron chi connectivity index (χ2n) is 4.48. The fraction of sp³-hybridized carbons (Fsp3) is 1.00. The number of fused-ring (bicyclic) bond motifs is 3. The van der Waals surface area contributed by atoms with E-state index in [0.29, 0.717) is 0 Å². The van der Waals surface area contributed by atoms with Gasteiger partial charge in [-0.25, -0.2) is 4.57 Å². The topological polar surface area (TPSA) is 83.5 Å². The van der Waals surface area contributed by atoms with Crippen molar-refractivity contribution in [3.63, 3.8) is 0 Å². The number of phosphoric acid groups is 1. The molecule has 0 aromatic carbocycles. The highest BCUT2D eigenvalue weighted by Gasteiger charge is 2.59. The van der Waals surface area contributed by atoms with Crippen LogP contribution in [-0.4, -0.2) is 41.9 Å². The van der Waals surface area contributed by atoms with Gasteiger partial charge in [0.1, 0.15) is 18.3 Å². The predicted molar refractivity (Wildman–Crippen MR) is 49.3 cm³/mol. The average Bonchev–Trinajstić information content (AvgIpc) is 2.57. The highest BCUT2D eigenvalue weighted by molar-refractivity contribution is 7.47. The summed E-state index contributed by atoms with van der Waals surface area (Å²) in [4.78, 5) is 9.23. The molecular weight excluding hydrogens is 239 g/mol. The standard InChI is InChI=1S/C8H13O7P/c1-8(2)13-6-5-4(12-7(6)14-8)3-11-16(9,10)15-5/h4-7H,3H2,1-2H3,(H,9,10)/t4-,5+,6-,7-/m1/s1. The molecule has 5 atom stereocenters. The van der Waals surface area contributed by atoms with Crippen LogP contribution in [0.2, 0.25) is 0 Å². The van der Waals surface area contributed by atoms with Crippen LogP contribution in [0, 0.1) is 0 Å². The Kier molecular flexibility index (Phi) is 2.26. The highest BCUT2D eigenvalue weighted by atomic mass is 31.2. The Hall–Kier alpha value is -0.0100. The minimum atomic E-state index is -3.96. The lowest BCUT2D eigenvalue weighted by molar-refractivity contribution is -0.221. The minimum Gasteiger partial charge on any atom is -0.341 e. The SMILES string of the molecule is CC1(C)O[C@H]2O[C@@H]3COP(=O)(O)O[C@@H]3[C@H]2O1. The maximum atomic E-state index is 11.3. The molecule has 0 aliphatic carbocycles. The lowest BCUT2D eigenvalue weighted by Crippen LogP contribution is -2.41. The van der Waals surface area contributed by atoms with Crippen molar-refractivity contribution in [1.82, 2.24) is 0 Å². The van der Waals surface area contributed by atoms with E-state index in [1.54, 1.807) is 13.8 Å². The van der Waals surface area contributed by atoms with Crippen LogP contribution in [0.5, 0.6) is 0 Å². The van der Waals surface area contributed by atoms with Crippen molar-refractivity contribution in [3.8, 4) is 0 Å². The van der Waals surface area contributed by atoms with Crippen molar-refractivity contribution in [1.29, 1.82) is 0 Å². The van der Waals surface area contributed by atoms with E-state index in [2.05, 4.69) is 4.52 Å². The van der Waals surface area contributed by atoms with Gasteiger partial charge in [-0.05, 0) is 13.8 Å². The van der Waals surface area contributed by atoms with Crippen LogP contribution in [0.15, 0.2) is 0 Å². The molecule has 3 heterocycles. The first-order chi connectivity index (χ1) is 7.36. The molecule has 92 valence electrons. The average molecular weight is 252 g/mol. The molecule has 0 aromatic heterocycles. The summed E-state index contributed by atoms with van der Waals surface area (Å²) >= 11 is 0. The van der Waals surface area contributed by atoms with Gasteiger partial charge in [-0.1, -0.05) is 0 Å². The van der Waals surface area contributed by atoms with Crippen LogP contribution in [0.25, 0.3) is 0 Å². The summed E-state index contributed by atoms with van der Waals surface area (Å²) in [5, 5.41) is 0. The molecule has 0 aromatic rings. The summed E-state index contributed by atoms with van der Waals surface area (Å²) in [6.45, 7) is 3.52. The van der Waals surface area contributed by atoms with Gasteiger partial charge in [-0.2, -0.15) is 0 Å². The van der Waals surface area contributed by atoms with Crippen molar-refractivity contribution in [3.05, 3.63) is 0 Å². The van der Waals surface area contributed by atoms with E-state index in [4.69, 9.17) is 18.7 Å². The Morgan fingerprint density at radius 2 is 2.06 bits per heavy atom. The molecule has 7 nitrogen and oxygen atoms in total. The van der Waals surface area contributed by atoms with E-state index >= 15 is 0 Å². The molecule has 0 bridgehead atoms. The Labute approximate surface area is 92.2 Å². The van der Waals surface area contributed by atoms with Crippen LogP contribution in [0.1, 0.15) is 13.8 Å². The van der Waals surface area contributed by atoms with Gasteiger partial charge in [0.2, 0.25) is 0 Å². The van der Waals surface area contributed by atoms with Crippen LogP contribution in [0.4, 0.5) is 0 Å². The van der Waals surface area contributed by atoms with Crippen molar-refractivity contribution >= 4 is 7.82 Å². The zero-order chi connectivity index (χ0) is 11.6. The molecule has 3 aliphatic heterocycles. The molecule has 0 saturated carbocycles. The van der Waals surface area contributed by atoms with Gasteiger partial charge in [0, 0.05) is 0 Å². The lowest BCUT2D eigenvalue weighted by Gasteiger charge is -2.30. The Balaban J connectivity index is 1.81. The van der Waals surface area contributed by atoms with Crippen LogP contribution >= 0.6 is 7.82 Å². The van der Waals surface area contributed by atoms with Gasteiger partial charge in [-0.15, -0.1) is 0 Å². The molecule has 3 rings (SSSR count). The smallest absolute Gasteiger partial charge is 0.341 e. The van der Waals surface area contributed by atoms with Gasteiger partial charge in [-0.3, -0.25) is 9.05 Å². The Morgan fingerprint density at radius 1 is 1.31 bits per heavy atom. The number of ether oxygens (including phenoxy) is 3. The van der Waals surface area contributed by atoms with Crippen molar-refractivity contribution in [2.75, 3.05) is 6.61 Å². The van der Waals surface area contributed by atoms with Crippen molar-refractivity contribution in [2.45, 2.75) is 44.2 Å². The van der Waals surface area contributed by atoms with E-state index in [1.807, 2.05) is 0 Å². The lowest BCUT2D eigenvalue weighted by atomic mass is 10.1. The Morgan fingerprint density at radius 3 is 2.81 bits per heavy atom. The fourth-order valence-electron chi connectivity index (χ4n) is 2.16. The van der Waals surface area contributed by atoms with E-state index < -0.39 is 38.2 Å². The maximum absolute atomic E-state index is 11.3. The molecule has 1 unspecified atom stereocenters. The van der Waals surface area contributed by atoms with Crippen LogP contribution in [0.3, 0.4) is 0 Å². The monoisotopic (exact) mass is 252 g/mol. The molecule has 8 heteroatoms. The minimum absolute atomic E-state index is 0.0125. The third-order valence-electron chi connectivity index (χ3n) is 2.74. The summed E-state index contributed by atoms with van der Waals surface area (Å²) in [6.07, 6.45) is -2.08. The summed E-state index contributed by atoms with van der Waals surface area (Å²) in [6, 6.07) is 0. The van der Waals surface area contributed by atoms with Crippen molar-refractivity contribution in [2.24, 2.45) is 0 Å². The molecule has 3 aliphatic rings. The van der Waals surface area contributed by atoms with Crippen molar-refractivity contribution < 1.29 is 32.7 Å². The van der Waals surface area contributed by atoms with E-state index in [1.165, 1.54) is 0 Å². The first kappa shape index (κ1) is 11.1. The molecule has 0 spiro atoms. The highest BCUT2D eigenvalue weighted by Crippen LogP contribution is 2.53. The maximum Gasteiger partial charge on any atom is 0.472 e. The molecule has 0 radical (unpaired) electrons. The molecule has 16 heavy (non-hydrogen) atoms. The summed E-state index contributed by atoms with van der Waals surface area (Å²) < 4.78 is 37.4. The molecular formula is C8H13O7P. The molecule has 3 fully saturated rings. The largest absolute Gasteiger partial charge is 0.472 e. The van der Waals surface area contributed by atoms with E-state index in [0.717, 1.165) is 0 Å². The molecule has 3 saturated heterocycles. The zero-order valence-electron chi connectivity index (χ0n) is 8.86. The van der Waals surface area contributed by atoms with Gasteiger partial charge in [0.05, 0.1) is 6.61 Å². The number of phosphoric ester groups is 1. The van der Waals surface area contributed by atoms with Gasteiger partial charge >= 0.3 is 7.82 Å². The Bertz CT molecular complexity index is 356.